The van der Waals surface area contributed by atoms with E-state index < -0.39 is 0 Å². The van der Waals surface area contributed by atoms with Crippen LogP contribution in [0.25, 0.3) is 0 Å². The maximum atomic E-state index is 12.4. The summed E-state index contributed by atoms with van der Waals surface area (Å²) in [5.41, 5.74) is 1.86. The third-order valence-corrected chi connectivity index (χ3v) is 4.61. The van der Waals surface area contributed by atoms with Crippen molar-refractivity contribution >= 4 is 17.5 Å². The standard InChI is InChI=1S/C20H28N6O/c1-14-7-5-9-17(21-14)23-18-11-15(2)22-20(24-18)16-8-6-10-26(12-16)19(27)13-25(3)4/h5,7,9,11,16H,6,8,10,12-13H2,1-4H3,(H,21,22,23,24). The van der Waals surface area contributed by atoms with Crippen LogP contribution in [0.5, 0.6) is 0 Å². The van der Waals surface area contributed by atoms with Crippen LogP contribution < -0.4 is 5.32 Å². The number of nitrogens with one attached hydrogen (secondary N) is 1. The molecule has 1 amide bonds. The van der Waals surface area contributed by atoms with Crippen molar-refractivity contribution in [1.82, 2.24) is 24.8 Å². The number of likely N-dealkylation sites (N-methyl/N-ethyl adjacent to an activating group) is 1. The van der Waals surface area contributed by atoms with Crippen LogP contribution in [0.2, 0.25) is 0 Å². The van der Waals surface area contributed by atoms with Crippen molar-refractivity contribution in [2.24, 2.45) is 0 Å². The number of carbonyl (C=O) groups excluding carboxylic acids is 1. The summed E-state index contributed by atoms with van der Waals surface area (Å²) >= 11 is 0. The number of pyridine rings is 1. The number of piperidine rings is 1. The van der Waals surface area contributed by atoms with Gasteiger partial charge < -0.3 is 15.1 Å². The van der Waals surface area contributed by atoms with Crippen LogP contribution in [0.15, 0.2) is 24.3 Å². The lowest BCUT2D eigenvalue weighted by Crippen LogP contribution is -2.43. The van der Waals surface area contributed by atoms with Gasteiger partial charge in [-0.2, -0.15) is 0 Å². The van der Waals surface area contributed by atoms with Gasteiger partial charge in [0, 0.05) is 36.5 Å². The summed E-state index contributed by atoms with van der Waals surface area (Å²) < 4.78 is 0. The molecule has 3 rings (SSSR count). The van der Waals surface area contributed by atoms with E-state index in [0.29, 0.717) is 13.1 Å². The van der Waals surface area contributed by atoms with E-state index in [2.05, 4.69) is 15.3 Å². The Bertz CT molecular complexity index is 807. The SMILES string of the molecule is Cc1cccc(Nc2cc(C)nc(C3CCCN(C(=O)CN(C)C)C3)n2)n1. The van der Waals surface area contributed by atoms with E-state index in [1.54, 1.807) is 0 Å². The van der Waals surface area contributed by atoms with Crippen molar-refractivity contribution in [3.05, 3.63) is 41.5 Å². The van der Waals surface area contributed by atoms with Crippen LogP contribution in [0, 0.1) is 13.8 Å². The fourth-order valence-corrected chi connectivity index (χ4v) is 3.37. The second kappa shape index (κ2) is 8.43. The van der Waals surface area contributed by atoms with Crippen molar-refractivity contribution < 1.29 is 4.79 Å². The zero-order valence-electron chi connectivity index (χ0n) is 16.6. The van der Waals surface area contributed by atoms with Crippen molar-refractivity contribution in [3.63, 3.8) is 0 Å². The van der Waals surface area contributed by atoms with Crippen molar-refractivity contribution in [2.45, 2.75) is 32.6 Å². The third kappa shape index (κ3) is 5.23. The Kier molecular flexibility index (Phi) is 6.01. The summed E-state index contributed by atoms with van der Waals surface area (Å²) in [6, 6.07) is 7.77. The number of hydrogen-bond donors (Lipinski definition) is 1. The minimum atomic E-state index is 0.163. The van der Waals surface area contributed by atoms with E-state index in [0.717, 1.165) is 48.2 Å². The Balaban J connectivity index is 1.76. The quantitative estimate of drug-likeness (QED) is 0.874. The number of aromatic nitrogens is 3. The van der Waals surface area contributed by atoms with E-state index >= 15 is 0 Å². The smallest absolute Gasteiger partial charge is 0.236 e. The van der Waals surface area contributed by atoms with Gasteiger partial charge in [-0.25, -0.2) is 15.0 Å². The predicted octanol–water partition coefficient (Wildman–Crippen LogP) is 2.50. The fourth-order valence-electron chi connectivity index (χ4n) is 3.37. The Morgan fingerprint density at radius 2 is 2.00 bits per heavy atom. The molecule has 1 N–H and O–H groups in total. The molecule has 27 heavy (non-hydrogen) atoms. The lowest BCUT2D eigenvalue weighted by molar-refractivity contribution is -0.133. The summed E-state index contributed by atoms with van der Waals surface area (Å²) in [6.45, 7) is 5.86. The van der Waals surface area contributed by atoms with E-state index in [-0.39, 0.29) is 11.8 Å². The summed E-state index contributed by atoms with van der Waals surface area (Å²) in [7, 11) is 3.83. The molecule has 1 atom stereocenters. The highest BCUT2D eigenvalue weighted by Gasteiger charge is 2.27. The molecule has 1 fully saturated rings. The molecular weight excluding hydrogens is 340 g/mol. The van der Waals surface area contributed by atoms with Gasteiger partial charge in [-0.3, -0.25) is 4.79 Å². The highest BCUT2D eigenvalue weighted by molar-refractivity contribution is 5.78. The van der Waals surface area contributed by atoms with Gasteiger partial charge in [-0.15, -0.1) is 0 Å². The molecule has 0 bridgehead atoms. The van der Waals surface area contributed by atoms with Gasteiger partial charge in [0.15, 0.2) is 0 Å². The largest absolute Gasteiger partial charge is 0.341 e. The van der Waals surface area contributed by atoms with Gasteiger partial charge in [0.2, 0.25) is 5.91 Å². The van der Waals surface area contributed by atoms with Gasteiger partial charge in [0.05, 0.1) is 6.54 Å². The first-order valence-corrected chi connectivity index (χ1v) is 9.39. The molecule has 1 saturated heterocycles. The molecule has 7 heteroatoms. The Morgan fingerprint density at radius 1 is 1.19 bits per heavy atom. The Morgan fingerprint density at radius 3 is 2.74 bits per heavy atom. The molecule has 0 spiro atoms. The van der Waals surface area contributed by atoms with Gasteiger partial charge in [-0.1, -0.05) is 6.07 Å². The van der Waals surface area contributed by atoms with E-state index in [1.165, 1.54) is 0 Å². The first kappa shape index (κ1) is 19.2. The van der Waals surface area contributed by atoms with Crippen molar-refractivity contribution in [2.75, 3.05) is 39.0 Å². The second-order valence-corrected chi connectivity index (χ2v) is 7.46. The normalized spacial score (nSPS) is 17.2. The van der Waals surface area contributed by atoms with E-state index in [9.17, 15) is 4.79 Å². The molecule has 2 aromatic heterocycles. The van der Waals surface area contributed by atoms with Crippen LogP contribution >= 0.6 is 0 Å². The minimum Gasteiger partial charge on any atom is -0.341 e. The first-order valence-electron chi connectivity index (χ1n) is 9.39. The van der Waals surface area contributed by atoms with E-state index in [4.69, 9.17) is 4.98 Å². The summed E-state index contributed by atoms with van der Waals surface area (Å²) in [6.07, 6.45) is 1.97. The summed E-state index contributed by atoms with van der Waals surface area (Å²) in [4.78, 5) is 30.1. The Hall–Kier alpha value is -2.54. The number of rotatable bonds is 5. The molecule has 0 aliphatic carbocycles. The molecule has 1 aliphatic heterocycles. The molecule has 0 radical (unpaired) electrons. The maximum Gasteiger partial charge on any atom is 0.236 e. The van der Waals surface area contributed by atoms with Gasteiger partial charge in [0.25, 0.3) is 0 Å². The zero-order chi connectivity index (χ0) is 19.4. The molecular formula is C20H28N6O. The monoisotopic (exact) mass is 368 g/mol. The number of anilines is 2. The number of hydrogen-bond acceptors (Lipinski definition) is 6. The number of carbonyl (C=O) groups is 1. The minimum absolute atomic E-state index is 0.163. The predicted molar refractivity (Wildman–Crippen MR) is 106 cm³/mol. The van der Waals surface area contributed by atoms with Crippen LogP contribution in [-0.4, -0.2) is 64.4 Å². The fraction of sp³-hybridized carbons (Fsp3) is 0.500. The topological polar surface area (TPSA) is 74.2 Å². The third-order valence-electron chi connectivity index (χ3n) is 4.61. The second-order valence-electron chi connectivity index (χ2n) is 7.46. The number of aryl methyl sites for hydroxylation is 2. The van der Waals surface area contributed by atoms with Crippen molar-refractivity contribution in [1.29, 1.82) is 0 Å². The number of likely N-dealkylation sites (tertiary alicyclic amines) is 1. The van der Waals surface area contributed by atoms with Gasteiger partial charge in [-0.05, 0) is 52.9 Å². The molecule has 1 unspecified atom stereocenters. The van der Waals surface area contributed by atoms with Crippen LogP contribution in [0.4, 0.5) is 11.6 Å². The molecule has 7 nitrogen and oxygen atoms in total. The molecule has 0 saturated carbocycles. The summed E-state index contributed by atoms with van der Waals surface area (Å²) in [5.74, 6) is 2.64. The first-order chi connectivity index (χ1) is 12.9. The summed E-state index contributed by atoms with van der Waals surface area (Å²) in [5, 5.41) is 3.28. The highest BCUT2D eigenvalue weighted by atomic mass is 16.2. The van der Waals surface area contributed by atoms with E-state index in [1.807, 2.05) is 62.0 Å². The average molecular weight is 368 g/mol. The van der Waals surface area contributed by atoms with Crippen LogP contribution in [0.1, 0.15) is 36.0 Å². The zero-order valence-corrected chi connectivity index (χ0v) is 16.6. The average Bonchev–Trinajstić information content (AvgIpc) is 2.61. The Labute approximate surface area is 160 Å². The van der Waals surface area contributed by atoms with Crippen LogP contribution in [-0.2, 0) is 4.79 Å². The van der Waals surface area contributed by atoms with Gasteiger partial charge >= 0.3 is 0 Å². The molecule has 3 heterocycles. The van der Waals surface area contributed by atoms with Gasteiger partial charge in [0.1, 0.15) is 17.5 Å². The van der Waals surface area contributed by atoms with Crippen molar-refractivity contribution in [3.8, 4) is 0 Å². The number of amides is 1. The van der Waals surface area contributed by atoms with Crippen LogP contribution in [0.3, 0.4) is 0 Å². The lowest BCUT2D eigenvalue weighted by atomic mass is 9.97. The molecule has 1 aliphatic rings. The number of nitrogens with zero attached hydrogens (tertiary/aromatic N) is 5. The molecule has 2 aromatic rings. The highest BCUT2D eigenvalue weighted by Crippen LogP contribution is 2.26. The lowest BCUT2D eigenvalue weighted by Gasteiger charge is -2.33. The molecule has 0 aromatic carbocycles. The molecule has 144 valence electrons. The maximum absolute atomic E-state index is 12.4.